The van der Waals surface area contributed by atoms with Crippen molar-refractivity contribution in [1.29, 1.82) is 0 Å². The SMILES string of the molecule is COc1c2ccc3c1C1c4ccccc4C3c3ccc(c(OC)c31)Cc1cc(c(O)c(C)c1O)Cc1ccc3c(c1OC)C1c4ccccc4C3c3ccc(c(OC)c31)Cc1cc(c(O)c(C)c1O)C2. The molecule has 0 unspecified atom stereocenters. The van der Waals surface area contributed by atoms with E-state index in [9.17, 15) is 20.4 Å². The molecule has 16 bridgehead atoms. The zero-order chi connectivity index (χ0) is 48.0. The van der Waals surface area contributed by atoms with Crippen LogP contribution in [0.4, 0.5) is 0 Å². The summed E-state index contributed by atoms with van der Waals surface area (Å²) in [5.41, 5.74) is 21.0. The molecule has 0 amide bonds. The molecule has 7 aliphatic rings. The molecule has 0 heterocycles. The number of aromatic hydroxyl groups is 4. The molecular formula is C62H52O8. The van der Waals surface area contributed by atoms with Crippen molar-refractivity contribution in [2.45, 2.75) is 63.2 Å². The Labute approximate surface area is 407 Å². The first-order chi connectivity index (χ1) is 34.1. The maximum atomic E-state index is 11.9. The summed E-state index contributed by atoms with van der Waals surface area (Å²) in [6.07, 6.45) is 1.40. The number of rotatable bonds is 4. The lowest BCUT2D eigenvalue weighted by Crippen LogP contribution is -2.29. The summed E-state index contributed by atoms with van der Waals surface area (Å²) in [5.74, 6) is 2.54. The second-order valence-electron chi connectivity index (χ2n) is 19.8. The molecule has 0 radical (unpaired) electrons. The fourth-order valence-corrected chi connectivity index (χ4v) is 13.6. The maximum absolute atomic E-state index is 11.9. The van der Waals surface area contributed by atoms with Gasteiger partial charge in [0, 0.05) is 82.7 Å². The monoisotopic (exact) mass is 924 g/mol. The lowest BCUT2D eigenvalue weighted by Gasteiger charge is -2.44. The van der Waals surface area contributed by atoms with E-state index in [2.05, 4.69) is 97.1 Å². The van der Waals surface area contributed by atoms with Gasteiger partial charge in [-0.2, -0.15) is 0 Å². The first kappa shape index (κ1) is 42.3. The smallest absolute Gasteiger partial charge is 0.126 e. The molecule has 8 aromatic rings. The Balaban J connectivity index is 1.08. The summed E-state index contributed by atoms with van der Waals surface area (Å²) < 4.78 is 26.0. The number of hydrogen-bond acceptors (Lipinski definition) is 8. The molecule has 4 N–H and O–H groups in total. The zero-order valence-corrected chi connectivity index (χ0v) is 40.0. The molecule has 0 saturated heterocycles. The Hall–Kier alpha value is -7.84. The lowest BCUT2D eigenvalue weighted by molar-refractivity contribution is 0.392. The molecule has 8 heteroatoms. The minimum absolute atomic E-state index is 0.0488. The van der Waals surface area contributed by atoms with Crippen LogP contribution in [0.3, 0.4) is 0 Å². The van der Waals surface area contributed by atoms with Gasteiger partial charge in [-0.3, -0.25) is 0 Å². The fourth-order valence-electron chi connectivity index (χ4n) is 13.6. The Kier molecular flexibility index (Phi) is 9.26. The van der Waals surface area contributed by atoms with Crippen LogP contribution in [0.1, 0.15) is 146 Å². The molecule has 7 aliphatic carbocycles. The Morgan fingerprint density at radius 2 is 0.557 bits per heavy atom. The summed E-state index contributed by atoms with van der Waals surface area (Å²) in [4.78, 5) is 0. The summed E-state index contributed by atoms with van der Waals surface area (Å²) >= 11 is 0. The van der Waals surface area contributed by atoms with Gasteiger partial charge in [0.25, 0.3) is 0 Å². The predicted octanol–water partition coefficient (Wildman–Crippen LogP) is 11.8. The second-order valence-corrected chi connectivity index (χ2v) is 19.8. The van der Waals surface area contributed by atoms with Crippen molar-refractivity contribution in [2.75, 3.05) is 28.4 Å². The van der Waals surface area contributed by atoms with Gasteiger partial charge in [-0.15, -0.1) is 0 Å². The Morgan fingerprint density at radius 3 is 0.800 bits per heavy atom. The van der Waals surface area contributed by atoms with E-state index in [4.69, 9.17) is 18.9 Å². The predicted molar refractivity (Wildman–Crippen MR) is 269 cm³/mol. The first-order valence-electron chi connectivity index (χ1n) is 24.1. The van der Waals surface area contributed by atoms with Crippen LogP contribution < -0.4 is 18.9 Å². The van der Waals surface area contributed by atoms with Crippen LogP contribution in [0.25, 0.3) is 0 Å². The van der Waals surface area contributed by atoms with Gasteiger partial charge in [-0.05, 0) is 115 Å². The lowest BCUT2D eigenvalue weighted by atomic mass is 9.60. The van der Waals surface area contributed by atoms with Gasteiger partial charge in [0.2, 0.25) is 0 Å². The Morgan fingerprint density at radius 1 is 0.314 bits per heavy atom. The molecule has 0 aromatic heterocycles. The third-order valence-corrected chi connectivity index (χ3v) is 16.6. The van der Waals surface area contributed by atoms with Crippen molar-refractivity contribution in [1.82, 2.24) is 0 Å². The number of ether oxygens (including phenoxy) is 4. The van der Waals surface area contributed by atoms with E-state index in [1.165, 1.54) is 44.5 Å². The number of methoxy groups -OCH3 is 4. The van der Waals surface area contributed by atoms with Gasteiger partial charge in [0.15, 0.2) is 0 Å². The normalized spacial score (nSPS) is 18.1. The molecule has 0 atom stereocenters. The molecule has 0 spiro atoms. The molecule has 15 rings (SSSR count). The van der Waals surface area contributed by atoms with Crippen molar-refractivity contribution >= 4 is 0 Å². The molecule has 348 valence electrons. The Bertz CT molecular complexity index is 3190. The van der Waals surface area contributed by atoms with E-state index in [1.807, 2.05) is 12.1 Å². The molecule has 0 aliphatic heterocycles. The molecule has 0 fully saturated rings. The second kappa shape index (κ2) is 15.3. The number of fused-ring (bicyclic) bond motifs is 8. The van der Waals surface area contributed by atoms with E-state index in [0.29, 0.717) is 59.1 Å². The molecule has 70 heavy (non-hydrogen) atoms. The minimum Gasteiger partial charge on any atom is -0.507 e. The van der Waals surface area contributed by atoms with Gasteiger partial charge in [0.05, 0.1) is 28.4 Å². The van der Waals surface area contributed by atoms with Crippen molar-refractivity contribution in [2.24, 2.45) is 0 Å². The molecule has 8 nitrogen and oxygen atoms in total. The van der Waals surface area contributed by atoms with Crippen molar-refractivity contribution in [3.63, 3.8) is 0 Å². The highest BCUT2D eigenvalue weighted by atomic mass is 16.5. The van der Waals surface area contributed by atoms with Crippen LogP contribution in [0.2, 0.25) is 0 Å². The molecule has 0 saturated carbocycles. The minimum atomic E-state index is -0.243. The average Bonchev–Trinajstić information content (AvgIpc) is 3.39. The van der Waals surface area contributed by atoms with Crippen LogP contribution in [-0.4, -0.2) is 48.9 Å². The molecular weight excluding hydrogens is 873 g/mol. The quantitative estimate of drug-likeness (QED) is 0.138. The number of phenolic OH excluding ortho intramolecular Hbond substituents is 4. The van der Waals surface area contributed by atoms with Crippen LogP contribution in [-0.2, 0) is 25.7 Å². The molecule has 8 aromatic carbocycles. The topological polar surface area (TPSA) is 118 Å². The van der Waals surface area contributed by atoms with Gasteiger partial charge in [-0.25, -0.2) is 0 Å². The summed E-state index contributed by atoms with van der Waals surface area (Å²) in [6, 6.07) is 38.5. The highest BCUT2D eigenvalue weighted by molar-refractivity contribution is 5.77. The van der Waals surface area contributed by atoms with Crippen molar-refractivity contribution in [3.05, 3.63) is 232 Å². The highest BCUT2D eigenvalue weighted by Gasteiger charge is 2.47. The largest absolute Gasteiger partial charge is 0.507 e. The van der Waals surface area contributed by atoms with Gasteiger partial charge in [0.1, 0.15) is 46.0 Å². The van der Waals surface area contributed by atoms with E-state index in [0.717, 1.165) is 67.5 Å². The summed E-state index contributed by atoms with van der Waals surface area (Å²) in [6.45, 7) is 3.54. The maximum Gasteiger partial charge on any atom is 0.126 e. The van der Waals surface area contributed by atoms with Crippen LogP contribution in [0, 0.1) is 13.8 Å². The fraction of sp³-hybridized carbons (Fsp3) is 0.226. The van der Waals surface area contributed by atoms with E-state index >= 15 is 0 Å². The van der Waals surface area contributed by atoms with Gasteiger partial charge in [-0.1, -0.05) is 97.1 Å². The zero-order valence-electron chi connectivity index (χ0n) is 40.0. The van der Waals surface area contributed by atoms with Crippen LogP contribution >= 0.6 is 0 Å². The number of benzene rings is 8. The average molecular weight is 925 g/mol. The van der Waals surface area contributed by atoms with Crippen molar-refractivity contribution in [3.8, 4) is 46.0 Å². The van der Waals surface area contributed by atoms with E-state index < -0.39 is 0 Å². The highest BCUT2D eigenvalue weighted by Crippen LogP contribution is 2.63. The van der Waals surface area contributed by atoms with Gasteiger partial charge >= 0.3 is 0 Å². The van der Waals surface area contributed by atoms with E-state index in [1.54, 1.807) is 42.3 Å². The third-order valence-electron chi connectivity index (χ3n) is 16.6. The van der Waals surface area contributed by atoms with E-state index in [-0.39, 0.29) is 46.7 Å². The summed E-state index contributed by atoms with van der Waals surface area (Å²) in [7, 11) is 6.89. The first-order valence-corrected chi connectivity index (χ1v) is 24.1. The number of hydrogen-bond donors (Lipinski definition) is 4. The van der Waals surface area contributed by atoms with Crippen LogP contribution in [0.5, 0.6) is 46.0 Å². The summed E-state index contributed by atoms with van der Waals surface area (Å²) in [5, 5.41) is 47.5. The van der Waals surface area contributed by atoms with Crippen molar-refractivity contribution < 1.29 is 39.4 Å². The van der Waals surface area contributed by atoms with Crippen LogP contribution in [0.15, 0.2) is 109 Å². The third kappa shape index (κ3) is 5.59. The number of phenols is 4. The standard InChI is InChI=1S/C62H52O8/c1-29-55(63)35-23-31-15-19-43-47-39-11-7-9-13-41(39)49(51(43)59(31)67-3)53-45(47)21-17-33(61(53)69-5)25-37-28-38(58(66)30(2)57(37)65)26-34-18-22-46-48-40-12-8-10-14-42(40)50(54(46)62(34)70-6)52-44(48)20-16-32(60(52)68-4)24-36(27-35)56(29)64/h7-22,27-28,47-50,63-66H,23-26H2,1-6H3. The van der Waals surface area contributed by atoms with Gasteiger partial charge < -0.3 is 39.4 Å².